The van der Waals surface area contributed by atoms with Gasteiger partial charge in [0, 0.05) is 26.1 Å². The zero-order valence-electron chi connectivity index (χ0n) is 9.03. The Kier molecular flexibility index (Phi) is 4.53. The Bertz CT molecular complexity index is 307. The van der Waals surface area contributed by atoms with Crippen LogP contribution in [0, 0.1) is 0 Å². The summed E-state index contributed by atoms with van der Waals surface area (Å²) in [6, 6.07) is 0. The summed E-state index contributed by atoms with van der Waals surface area (Å²) in [7, 11) is -3.15. The Morgan fingerprint density at radius 1 is 1.33 bits per heavy atom. The van der Waals surface area contributed by atoms with Crippen LogP contribution in [0.15, 0.2) is 0 Å². The molecule has 1 aliphatic rings. The van der Waals surface area contributed by atoms with E-state index < -0.39 is 10.0 Å². The van der Waals surface area contributed by atoms with Gasteiger partial charge in [-0.3, -0.25) is 4.79 Å². The molecule has 15 heavy (non-hydrogen) atoms. The maximum Gasteiger partial charge on any atom is 0.219 e. The lowest BCUT2D eigenvalue weighted by Gasteiger charge is -2.15. The van der Waals surface area contributed by atoms with Gasteiger partial charge >= 0.3 is 0 Å². The molecule has 0 aromatic heterocycles. The van der Waals surface area contributed by atoms with Crippen molar-refractivity contribution in [3.63, 3.8) is 0 Å². The molecule has 5 nitrogen and oxygen atoms in total. The van der Waals surface area contributed by atoms with Crippen LogP contribution in [0.3, 0.4) is 0 Å². The Morgan fingerprint density at radius 3 is 2.47 bits per heavy atom. The molecule has 0 aromatic carbocycles. The van der Waals surface area contributed by atoms with Crippen molar-refractivity contribution in [3.8, 4) is 0 Å². The van der Waals surface area contributed by atoms with Gasteiger partial charge in [0.1, 0.15) is 0 Å². The Hall–Kier alpha value is -0.620. The second-order valence-corrected chi connectivity index (χ2v) is 5.71. The third kappa shape index (κ3) is 3.79. The van der Waals surface area contributed by atoms with Crippen molar-refractivity contribution < 1.29 is 13.2 Å². The minimum Gasteiger partial charge on any atom is -0.355 e. The van der Waals surface area contributed by atoms with E-state index in [2.05, 4.69) is 5.32 Å². The molecule has 0 spiro atoms. The van der Waals surface area contributed by atoms with Gasteiger partial charge in [0.05, 0.1) is 5.75 Å². The van der Waals surface area contributed by atoms with Gasteiger partial charge in [0.2, 0.25) is 15.9 Å². The third-order valence-electron chi connectivity index (χ3n) is 2.46. The topological polar surface area (TPSA) is 66.5 Å². The van der Waals surface area contributed by atoms with E-state index in [9.17, 15) is 13.2 Å². The van der Waals surface area contributed by atoms with Crippen LogP contribution in [-0.4, -0.2) is 44.0 Å². The molecular formula is C9H18N2O3S. The van der Waals surface area contributed by atoms with Gasteiger partial charge in [-0.1, -0.05) is 6.92 Å². The lowest BCUT2D eigenvalue weighted by molar-refractivity contribution is -0.120. The molecule has 1 rings (SSSR count). The maximum atomic E-state index is 11.7. The van der Waals surface area contributed by atoms with Crippen LogP contribution in [0.2, 0.25) is 0 Å². The Labute approximate surface area is 90.9 Å². The second kappa shape index (κ2) is 5.46. The van der Waals surface area contributed by atoms with Gasteiger partial charge in [-0.2, -0.15) is 0 Å². The molecule has 1 N–H and O–H groups in total. The first-order valence-electron chi connectivity index (χ1n) is 5.31. The number of hydrogen-bond donors (Lipinski definition) is 1. The first-order valence-corrected chi connectivity index (χ1v) is 6.91. The number of nitrogens with one attached hydrogen (secondary N) is 1. The zero-order chi connectivity index (χ0) is 11.3. The fourth-order valence-electron chi connectivity index (χ4n) is 1.54. The second-order valence-electron chi connectivity index (χ2n) is 3.63. The van der Waals surface area contributed by atoms with Crippen LogP contribution in [0.4, 0.5) is 0 Å². The number of hydrogen-bond acceptors (Lipinski definition) is 3. The summed E-state index contributed by atoms with van der Waals surface area (Å²) in [5, 5.41) is 2.57. The van der Waals surface area contributed by atoms with E-state index in [1.54, 1.807) is 6.92 Å². The minimum atomic E-state index is -3.15. The molecule has 0 unspecified atom stereocenters. The number of sulfonamides is 1. The Balaban J connectivity index is 2.33. The van der Waals surface area contributed by atoms with Gasteiger partial charge in [-0.25, -0.2) is 12.7 Å². The van der Waals surface area contributed by atoms with E-state index in [1.807, 2.05) is 0 Å². The van der Waals surface area contributed by atoms with E-state index in [-0.39, 0.29) is 18.2 Å². The SMILES string of the molecule is CCC(=O)NCCS(=O)(=O)N1CCCC1. The lowest BCUT2D eigenvalue weighted by Crippen LogP contribution is -2.35. The molecule has 0 radical (unpaired) electrons. The first kappa shape index (κ1) is 12.4. The average molecular weight is 234 g/mol. The summed E-state index contributed by atoms with van der Waals surface area (Å²) in [4.78, 5) is 10.9. The zero-order valence-corrected chi connectivity index (χ0v) is 9.85. The number of rotatable bonds is 5. The summed E-state index contributed by atoms with van der Waals surface area (Å²) < 4.78 is 24.9. The van der Waals surface area contributed by atoms with E-state index >= 15 is 0 Å². The standard InChI is InChI=1S/C9H18N2O3S/c1-2-9(12)10-5-8-15(13,14)11-6-3-4-7-11/h2-8H2,1H3,(H,10,12). The van der Waals surface area contributed by atoms with Crippen molar-refractivity contribution >= 4 is 15.9 Å². The summed E-state index contributed by atoms with van der Waals surface area (Å²) in [5.41, 5.74) is 0. The molecule has 0 saturated carbocycles. The predicted octanol–water partition coefficient (Wildman–Crippen LogP) is -0.0618. The van der Waals surface area contributed by atoms with Crippen molar-refractivity contribution in [2.75, 3.05) is 25.4 Å². The van der Waals surface area contributed by atoms with E-state index in [1.165, 1.54) is 4.31 Å². The highest BCUT2D eigenvalue weighted by Gasteiger charge is 2.24. The highest BCUT2D eigenvalue weighted by Crippen LogP contribution is 2.12. The number of carbonyl (C=O) groups is 1. The van der Waals surface area contributed by atoms with Crippen LogP contribution in [-0.2, 0) is 14.8 Å². The first-order chi connectivity index (χ1) is 7.06. The molecule has 88 valence electrons. The molecule has 1 amide bonds. The highest BCUT2D eigenvalue weighted by atomic mass is 32.2. The molecule has 1 aliphatic heterocycles. The van der Waals surface area contributed by atoms with Crippen molar-refractivity contribution in [1.82, 2.24) is 9.62 Å². The van der Waals surface area contributed by atoms with Crippen LogP contribution in [0.1, 0.15) is 26.2 Å². The Morgan fingerprint density at radius 2 is 1.93 bits per heavy atom. The average Bonchev–Trinajstić information content (AvgIpc) is 2.70. The molecule has 1 fully saturated rings. The predicted molar refractivity (Wildman–Crippen MR) is 57.9 cm³/mol. The van der Waals surface area contributed by atoms with Crippen LogP contribution >= 0.6 is 0 Å². The van der Waals surface area contributed by atoms with E-state index in [0.29, 0.717) is 19.5 Å². The van der Waals surface area contributed by atoms with Gasteiger partial charge in [-0.05, 0) is 12.8 Å². The molecule has 1 heterocycles. The van der Waals surface area contributed by atoms with Crippen LogP contribution < -0.4 is 5.32 Å². The highest BCUT2D eigenvalue weighted by molar-refractivity contribution is 7.89. The van der Waals surface area contributed by atoms with Gasteiger partial charge in [-0.15, -0.1) is 0 Å². The van der Waals surface area contributed by atoms with Crippen LogP contribution in [0.5, 0.6) is 0 Å². The van der Waals surface area contributed by atoms with Crippen molar-refractivity contribution in [1.29, 1.82) is 0 Å². The molecule has 0 aliphatic carbocycles. The quantitative estimate of drug-likeness (QED) is 0.724. The molecule has 6 heteroatoms. The number of amides is 1. The summed E-state index contributed by atoms with van der Waals surface area (Å²) in [5.74, 6) is -0.0923. The molecule has 1 saturated heterocycles. The van der Waals surface area contributed by atoms with Crippen LogP contribution in [0.25, 0.3) is 0 Å². The van der Waals surface area contributed by atoms with E-state index in [4.69, 9.17) is 0 Å². The summed E-state index contributed by atoms with van der Waals surface area (Å²) in [6.45, 7) is 3.21. The van der Waals surface area contributed by atoms with Crippen molar-refractivity contribution in [3.05, 3.63) is 0 Å². The number of carbonyl (C=O) groups excluding carboxylic acids is 1. The third-order valence-corrected chi connectivity index (χ3v) is 4.33. The largest absolute Gasteiger partial charge is 0.355 e. The molecule has 0 bridgehead atoms. The monoisotopic (exact) mass is 234 g/mol. The fourth-order valence-corrected chi connectivity index (χ4v) is 2.97. The fraction of sp³-hybridized carbons (Fsp3) is 0.889. The molecule has 0 atom stereocenters. The minimum absolute atomic E-state index is 0.0126. The van der Waals surface area contributed by atoms with Gasteiger partial charge in [0.15, 0.2) is 0 Å². The molecule has 0 aromatic rings. The number of nitrogens with zero attached hydrogens (tertiary/aromatic N) is 1. The van der Waals surface area contributed by atoms with Gasteiger partial charge < -0.3 is 5.32 Å². The summed E-state index contributed by atoms with van der Waals surface area (Å²) >= 11 is 0. The molecular weight excluding hydrogens is 216 g/mol. The van der Waals surface area contributed by atoms with Crippen molar-refractivity contribution in [2.45, 2.75) is 26.2 Å². The summed E-state index contributed by atoms with van der Waals surface area (Å²) in [6.07, 6.45) is 2.28. The normalized spacial score (nSPS) is 17.9. The smallest absolute Gasteiger partial charge is 0.219 e. The van der Waals surface area contributed by atoms with Gasteiger partial charge in [0.25, 0.3) is 0 Å². The lowest BCUT2D eigenvalue weighted by atomic mass is 10.4. The maximum absolute atomic E-state index is 11.7. The van der Waals surface area contributed by atoms with E-state index in [0.717, 1.165) is 12.8 Å². The van der Waals surface area contributed by atoms with Crippen molar-refractivity contribution in [2.24, 2.45) is 0 Å².